The van der Waals surface area contributed by atoms with Crippen LogP contribution < -0.4 is 4.74 Å². The second-order valence-corrected chi connectivity index (χ2v) is 11.3. The fourth-order valence-electron chi connectivity index (χ4n) is 3.56. The molecule has 35 heavy (non-hydrogen) atoms. The highest BCUT2D eigenvalue weighted by atomic mass is 32.2. The number of rotatable bonds is 10. The highest BCUT2D eigenvalue weighted by Gasteiger charge is 2.17. The standard InChI is InChI=1S/C26H31N5O2S2/c1-7-13-31-22(15-32-19-11-9-18(10-12-19)26(4,5)6)27-30-25(31)34-16-23-28-29-24(33-23)21-14-17(3)20(8-2)35-21/h7,9-12,14H,1,8,13,15-16H2,2-6H3. The first-order valence-electron chi connectivity index (χ1n) is 11.6. The Morgan fingerprint density at radius 2 is 1.91 bits per heavy atom. The van der Waals surface area contributed by atoms with Gasteiger partial charge in [-0.1, -0.05) is 57.7 Å². The van der Waals surface area contributed by atoms with Crippen LogP contribution in [0.2, 0.25) is 0 Å². The van der Waals surface area contributed by atoms with E-state index in [0.29, 0.717) is 30.7 Å². The van der Waals surface area contributed by atoms with Crippen LogP contribution in [0.4, 0.5) is 0 Å². The van der Waals surface area contributed by atoms with Crippen LogP contribution in [0.15, 0.2) is 52.6 Å². The molecule has 4 rings (SSSR count). The first-order valence-corrected chi connectivity index (χ1v) is 13.4. The lowest BCUT2D eigenvalue weighted by Crippen LogP contribution is -2.11. The smallest absolute Gasteiger partial charge is 0.257 e. The first-order chi connectivity index (χ1) is 16.8. The highest BCUT2D eigenvalue weighted by Crippen LogP contribution is 2.32. The van der Waals surface area contributed by atoms with Crippen LogP contribution in [-0.4, -0.2) is 25.0 Å². The molecule has 7 nitrogen and oxygen atoms in total. The third kappa shape index (κ3) is 6.02. The van der Waals surface area contributed by atoms with Crippen molar-refractivity contribution in [1.82, 2.24) is 25.0 Å². The lowest BCUT2D eigenvalue weighted by molar-refractivity contribution is 0.289. The number of aromatic nitrogens is 5. The SMILES string of the molecule is C=CCn1c(COc2ccc(C(C)(C)C)cc2)nnc1SCc1nnc(-c2cc(C)c(CC)s2)o1. The Labute approximate surface area is 214 Å². The molecule has 184 valence electrons. The van der Waals surface area contributed by atoms with Crippen molar-refractivity contribution in [3.63, 3.8) is 0 Å². The summed E-state index contributed by atoms with van der Waals surface area (Å²) in [4.78, 5) is 2.35. The summed E-state index contributed by atoms with van der Waals surface area (Å²) < 4.78 is 13.9. The van der Waals surface area contributed by atoms with Crippen molar-refractivity contribution in [1.29, 1.82) is 0 Å². The second-order valence-electron chi connectivity index (χ2n) is 9.22. The van der Waals surface area contributed by atoms with Crippen molar-refractivity contribution >= 4 is 23.1 Å². The Bertz CT molecular complexity index is 1280. The number of hydrogen-bond acceptors (Lipinski definition) is 8. The minimum absolute atomic E-state index is 0.106. The topological polar surface area (TPSA) is 78.9 Å². The van der Waals surface area contributed by atoms with Crippen molar-refractivity contribution in [2.75, 3.05) is 0 Å². The Kier molecular flexibility index (Phi) is 7.76. The minimum atomic E-state index is 0.106. The summed E-state index contributed by atoms with van der Waals surface area (Å²) in [5.41, 5.74) is 2.64. The molecular weight excluding hydrogens is 478 g/mol. The molecule has 3 heterocycles. The molecule has 0 bridgehead atoms. The van der Waals surface area contributed by atoms with Gasteiger partial charge in [0.25, 0.3) is 5.89 Å². The Morgan fingerprint density at radius 1 is 1.14 bits per heavy atom. The van der Waals surface area contributed by atoms with Crippen molar-refractivity contribution < 1.29 is 9.15 Å². The number of allylic oxidation sites excluding steroid dienone is 1. The zero-order valence-corrected chi connectivity index (χ0v) is 22.5. The van der Waals surface area contributed by atoms with E-state index in [2.05, 4.69) is 79.8 Å². The molecule has 0 radical (unpaired) electrons. The number of thiophene rings is 1. The fraction of sp³-hybridized carbons (Fsp3) is 0.385. The summed E-state index contributed by atoms with van der Waals surface area (Å²) in [6.45, 7) is 15.6. The minimum Gasteiger partial charge on any atom is -0.486 e. The zero-order valence-electron chi connectivity index (χ0n) is 20.9. The van der Waals surface area contributed by atoms with Gasteiger partial charge in [0.2, 0.25) is 5.89 Å². The predicted molar refractivity (Wildman–Crippen MR) is 141 cm³/mol. The molecule has 0 atom stereocenters. The molecule has 0 spiro atoms. The predicted octanol–water partition coefficient (Wildman–Crippen LogP) is 6.62. The third-order valence-electron chi connectivity index (χ3n) is 5.54. The van der Waals surface area contributed by atoms with Gasteiger partial charge < -0.3 is 9.15 Å². The van der Waals surface area contributed by atoms with E-state index in [1.165, 1.54) is 27.8 Å². The number of hydrogen-bond donors (Lipinski definition) is 0. The molecule has 0 aliphatic carbocycles. The van der Waals surface area contributed by atoms with Crippen LogP contribution in [-0.2, 0) is 30.7 Å². The summed E-state index contributed by atoms with van der Waals surface area (Å²) in [5, 5.41) is 17.9. The quantitative estimate of drug-likeness (QED) is 0.176. The molecule has 0 aliphatic rings. The van der Waals surface area contributed by atoms with Crippen LogP contribution in [0.1, 0.15) is 55.4 Å². The molecule has 0 saturated heterocycles. The van der Waals surface area contributed by atoms with Crippen LogP contribution in [0.25, 0.3) is 10.8 Å². The molecule has 0 saturated carbocycles. The maximum absolute atomic E-state index is 5.99. The van der Waals surface area contributed by atoms with Gasteiger partial charge in [0.05, 0.1) is 10.6 Å². The van der Waals surface area contributed by atoms with Gasteiger partial charge in [-0.3, -0.25) is 4.57 Å². The summed E-state index contributed by atoms with van der Waals surface area (Å²) in [7, 11) is 0. The van der Waals surface area contributed by atoms with E-state index in [-0.39, 0.29) is 5.41 Å². The van der Waals surface area contributed by atoms with E-state index >= 15 is 0 Å². The van der Waals surface area contributed by atoms with Crippen LogP contribution in [0.5, 0.6) is 5.75 Å². The maximum Gasteiger partial charge on any atom is 0.257 e. The molecule has 0 fully saturated rings. The van der Waals surface area contributed by atoms with Crippen LogP contribution in [0.3, 0.4) is 0 Å². The normalized spacial score (nSPS) is 11.7. The summed E-state index contributed by atoms with van der Waals surface area (Å²) in [5.74, 6) is 3.16. The second kappa shape index (κ2) is 10.8. The number of ether oxygens (including phenoxy) is 1. The van der Waals surface area contributed by atoms with Gasteiger partial charge in [0.1, 0.15) is 12.4 Å². The van der Waals surface area contributed by atoms with Crippen molar-refractivity contribution in [2.24, 2.45) is 0 Å². The van der Waals surface area contributed by atoms with Crippen LogP contribution in [0, 0.1) is 6.92 Å². The highest BCUT2D eigenvalue weighted by molar-refractivity contribution is 7.98. The van der Waals surface area contributed by atoms with E-state index in [0.717, 1.165) is 28.0 Å². The third-order valence-corrected chi connectivity index (χ3v) is 7.86. The molecular formula is C26H31N5O2S2. The Balaban J connectivity index is 1.40. The zero-order chi connectivity index (χ0) is 25.0. The van der Waals surface area contributed by atoms with Gasteiger partial charge in [-0.25, -0.2) is 0 Å². The molecule has 0 aliphatic heterocycles. The lowest BCUT2D eigenvalue weighted by Gasteiger charge is -2.19. The van der Waals surface area contributed by atoms with Gasteiger partial charge in [0.15, 0.2) is 11.0 Å². The monoisotopic (exact) mass is 509 g/mol. The van der Waals surface area contributed by atoms with E-state index in [4.69, 9.17) is 9.15 Å². The number of nitrogens with zero attached hydrogens (tertiary/aromatic N) is 5. The Morgan fingerprint density at radius 3 is 2.57 bits per heavy atom. The molecule has 9 heteroatoms. The first kappa shape index (κ1) is 25.2. The van der Waals surface area contributed by atoms with E-state index < -0.39 is 0 Å². The van der Waals surface area contributed by atoms with Crippen LogP contribution >= 0.6 is 23.1 Å². The summed E-state index contributed by atoms with van der Waals surface area (Å²) >= 11 is 3.21. The molecule has 0 amide bonds. The summed E-state index contributed by atoms with van der Waals surface area (Å²) in [6.07, 6.45) is 2.82. The number of aryl methyl sites for hydroxylation is 2. The van der Waals surface area contributed by atoms with E-state index in [1.807, 2.05) is 22.8 Å². The van der Waals surface area contributed by atoms with Gasteiger partial charge in [0, 0.05) is 11.4 Å². The molecule has 0 N–H and O–H groups in total. The van der Waals surface area contributed by atoms with Gasteiger partial charge in [-0.2, -0.15) is 0 Å². The fourth-order valence-corrected chi connectivity index (χ4v) is 5.40. The van der Waals surface area contributed by atoms with Gasteiger partial charge in [-0.05, 0) is 48.1 Å². The average Bonchev–Trinajstić information content (AvgIpc) is 3.55. The van der Waals surface area contributed by atoms with Gasteiger partial charge in [-0.15, -0.1) is 38.3 Å². The average molecular weight is 510 g/mol. The summed E-state index contributed by atoms with van der Waals surface area (Å²) in [6, 6.07) is 10.3. The van der Waals surface area contributed by atoms with Crippen molar-refractivity contribution in [3.8, 4) is 16.5 Å². The maximum atomic E-state index is 5.99. The van der Waals surface area contributed by atoms with E-state index in [9.17, 15) is 0 Å². The van der Waals surface area contributed by atoms with Crippen molar-refractivity contribution in [2.45, 2.75) is 70.5 Å². The molecule has 4 aromatic rings. The lowest BCUT2D eigenvalue weighted by atomic mass is 9.87. The largest absolute Gasteiger partial charge is 0.486 e. The van der Waals surface area contributed by atoms with E-state index in [1.54, 1.807) is 11.3 Å². The number of benzene rings is 1. The molecule has 1 aromatic carbocycles. The van der Waals surface area contributed by atoms with Gasteiger partial charge >= 0.3 is 0 Å². The van der Waals surface area contributed by atoms with Crippen molar-refractivity contribution in [3.05, 3.63) is 70.7 Å². The number of thioether (sulfide) groups is 1. The molecule has 3 aromatic heterocycles. The Hall–Kier alpha value is -2.91. The molecule has 0 unspecified atom stereocenters.